The van der Waals surface area contributed by atoms with Gasteiger partial charge in [0.15, 0.2) is 5.82 Å². The quantitative estimate of drug-likeness (QED) is 0.904. The highest BCUT2D eigenvalue weighted by Crippen LogP contribution is 2.39. The molecule has 2 fully saturated rings. The molecule has 1 amide bonds. The molecule has 24 heavy (non-hydrogen) atoms. The van der Waals surface area contributed by atoms with E-state index in [2.05, 4.69) is 20.3 Å². The summed E-state index contributed by atoms with van der Waals surface area (Å²) < 4.78 is 15.2. The Balaban J connectivity index is 1.51. The summed E-state index contributed by atoms with van der Waals surface area (Å²) in [5.41, 5.74) is 0.409. The molecule has 1 saturated carbocycles. The maximum absolute atomic E-state index is 13.5. The number of amides is 1. The fourth-order valence-electron chi connectivity index (χ4n) is 3.29. The monoisotopic (exact) mass is 332 g/mol. The van der Waals surface area contributed by atoms with E-state index in [0.29, 0.717) is 37.1 Å². The lowest BCUT2D eigenvalue weighted by Gasteiger charge is -2.14. The van der Waals surface area contributed by atoms with Gasteiger partial charge >= 0.3 is 0 Å². The molecule has 2 aliphatic rings. The molecule has 1 N–H and O–H groups in total. The molecular formula is C16H21FN6O. The second kappa shape index (κ2) is 5.99. The molecular weight excluding hydrogens is 311 g/mol. The van der Waals surface area contributed by atoms with Gasteiger partial charge in [0, 0.05) is 43.6 Å². The zero-order valence-corrected chi connectivity index (χ0v) is 13.7. The number of nitrogens with zero attached hydrogens (tertiary/aromatic N) is 5. The fourth-order valence-corrected chi connectivity index (χ4v) is 3.29. The molecule has 8 heteroatoms. The largest absolute Gasteiger partial charge is 0.336 e. The Kier molecular flexibility index (Phi) is 3.82. The third kappa shape index (κ3) is 2.70. The van der Waals surface area contributed by atoms with E-state index in [1.54, 1.807) is 21.8 Å². The predicted octanol–water partition coefficient (Wildman–Crippen LogP) is 1.72. The maximum atomic E-state index is 13.5. The molecule has 2 aromatic heterocycles. The zero-order chi connectivity index (χ0) is 16.7. The van der Waals surface area contributed by atoms with E-state index in [1.807, 2.05) is 6.92 Å². The number of H-pyrrole nitrogens is 1. The molecule has 2 aromatic rings. The number of hydrogen-bond donors (Lipinski definition) is 1. The van der Waals surface area contributed by atoms with Crippen molar-refractivity contribution in [2.75, 3.05) is 19.8 Å². The van der Waals surface area contributed by atoms with Crippen LogP contribution in [0.3, 0.4) is 0 Å². The number of aryl methyl sites for hydroxylation is 1. The molecule has 4 rings (SSSR count). The van der Waals surface area contributed by atoms with Crippen molar-refractivity contribution in [3.05, 3.63) is 29.6 Å². The first kappa shape index (κ1) is 15.3. The second-order valence-electron chi connectivity index (χ2n) is 6.64. The van der Waals surface area contributed by atoms with Crippen LogP contribution in [0.25, 0.3) is 0 Å². The van der Waals surface area contributed by atoms with Crippen molar-refractivity contribution >= 4 is 5.91 Å². The molecule has 0 bridgehead atoms. The lowest BCUT2D eigenvalue weighted by Crippen LogP contribution is -2.29. The molecule has 0 spiro atoms. The summed E-state index contributed by atoms with van der Waals surface area (Å²) in [6.07, 6.45) is 4.03. The second-order valence-corrected chi connectivity index (χ2v) is 6.64. The smallest absolute Gasteiger partial charge is 0.274 e. The Morgan fingerprint density at radius 3 is 2.92 bits per heavy atom. The van der Waals surface area contributed by atoms with E-state index >= 15 is 0 Å². The van der Waals surface area contributed by atoms with Crippen LogP contribution in [0.15, 0.2) is 12.3 Å². The zero-order valence-electron chi connectivity index (χ0n) is 13.7. The van der Waals surface area contributed by atoms with Gasteiger partial charge in [0.25, 0.3) is 5.91 Å². The topological polar surface area (TPSA) is 79.7 Å². The van der Waals surface area contributed by atoms with Crippen LogP contribution < -0.4 is 0 Å². The van der Waals surface area contributed by atoms with Crippen molar-refractivity contribution < 1.29 is 9.18 Å². The lowest BCUT2D eigenvalue weighted by molar-refractivity contribution is 0.0777. The summed E-state index contributed by atoms with van der Waals surface area (Å²) in [4.78, 5) is 18.8. The maximum Gasteiger partial charge on any atom is 0.274 e. The number of aromatic nitrogens is 5. The van der Waals surface area contributed by atoms with Crippen molar-refractivity contribution in [2.24, 2.45) is 5.92 Å². The Bertz CT molecular complexity index is 737. The first-order valence-corrected chi connectivity index (χ1v) is 8.50. The van der Waals surface area contributed by atoms with Gasteiger partial charge in [0.1, 0.15) is 11.5 Å². The van der Waals surface area contributed by atoms with E-state index in [1.165, 1.54) is 0 Å². The number of carbonyl (C=O) groups is 1. The van der Waals surface area contributed by atoms with Gasteiger partial charge in [-0.3, -0.25) is 19.0 Å². The van der Waals surface area contributed by atoms with E-state index in [9.17, 15) is 9.18 Å². The Hall–Kier alpha value is -2.25. The molecule has 0 radical (unpaired) electrons. The lowest BCUT2D eigenvalue weighted by atomic mass is 9.97. The summed E-state index contributed by atoms with van der Waals surface area (Å²) in [7, 11) is 0. The molecule has 0 unspecified atom stereocenters. The number of alkyl halides is 1. The van der Waals surface area contributed by atoms with Crippen LogP contribution in [-0.2, 0) is 6.54 Å². The minimum absolute atomic E-state index is 0.132. The molecule has 7 nitrogen and oxygen atoms in total. The van der Waals surface area contributed by atoms with Crippen LogP contribution in [-0.4, -0.2) is 55.5 Å². The van der Waals surface area contributed by atoms with Gasteiger partial charge in [-0.05, 0) is 25.8 Å². The summed E-state index contributed by atoms with van der Waals surface area (Å²) in [6.45, 7) is 3.04. The van der Waals surface area contributed by atoms with Gasteiger partial charge in [0.2, 0.25) is 0 Å². The van der Waals surface area contributed by atoms with Crippen LogP contribution >= 0.6 is 0 Å². The van der Waals surface area contributed by atoms with Crippen molar-refractivity contribution in [1.29, 1.82) is 0 Å². The number of nitrogens with one attached hydrogen (secondary N) is 1. The molecule has 1 saturated heterocycles. The van der Waals surface area contributed by atoms with E-state index < -0.39 is 6.67 Å². The van der Waals surface area contributed by atoms with Gasteiger partial charge in [-0.25, -0.2) is 4.98 Å². The van der Waals surface area contributed by atoms with E-state index in [4.69, 9.17) is 0 Å². The van der Waals surface area contributed by atoms with Crippen LogP contribution in [0.2, 0.25) is 0 Å². The third-order valence-electron chi connectivity index (χ3n) is 4.92. The van der Waals surface area contributed by atoms with Crippen LogP contribution in [0, 0.1) is 5.92 Å². The number of hydrogen-bond acceptors (Lipinski definition) is 4. The number of likely N-dealkylation sites (tertiary alicyclic amines) is 1. The van der Waals surface area contributed by atoms with Gasteiger partial charge in [-0.2, -0.15) is 10.2 Å². The summed E-state index contributed by atoms with van der Waals surface area (Å²) in [5.74, 6) is 1.46. The van der Waals surface area contributed by atoms with E-state index in [0.717, 1.165) is 18.7 Å². The highest BCUT2D eigenvalue weighted by atomic mass is 19.1. The number of rotatable bonds is 5. The molecule has 3 heterocycles. The Morgan fingerprint density at radius 1 is 1.42 bits per heavy atom. The normalized spacial score (nSPS) is 23.8. The first-order valence-electron chi connectivity index (χ1n) is 8.50. The minimum atomic E-state index is -0.475. The highest BCUT2D eigenvalue weighted by Gasteiger charge is 2.39. The van der Waals surface area contributed by atoms with Gasteiger partial charge in [-0.15, -0.1) is 0 Å². The number of halogens is 1. The van der Waals surface area contributed by atoms with E-state index in [-0.39, 0.29) is 17.7 Å². The van der Waals surface area contributed by atoms with Crippen molar-refractivity contribution in [2.45, 2.75) is 38.1 Å². The van der Waals surface area contributed by atoms with Gasteiger partial charge in [0.05, 0.1) is 6.67 Å². The molecule has 128 valence electrons. The van der Waals surface area contributed by atoms with Crippen LogP contribution in [0.1, 0.15) is 53.7 Å². The van der Waals surface area contributed by atoms with Crippen LogP contribution in [0.5, 0.6) is 0 Å². The van der Waals surface area contributed by atoms with Crippen molar-refractivity contribution in [1.82, 2.24) is 29.9 Å². The average Bonchev–Trinajstić information content (AvgIpc) is 3.07. The fraction of sp³-hybridized carbons (Fsp3) is 0.625. The molecule has 1 aliphatic heterocycles. The standard InChI is InChI=1S/C16H21FN6O/c1-2-23-6-5-13(21-23)16(24)22-8-11(7-17)12(9-22)15-18-14(19-20-15)10-3-4-10/h5-6,10-12H,2-4,7-9H2,1H3,(H,18,19,20)/t11-,12-/m1/s1. The highest BCUT2D eigenvalue weighted by molar-refractivity contribution is 5.92. The van der Waals surface area contributed by atoms with Crippen LogP contribution in [0.4, 0.5) is 4.39 Å². The van der Waals surface area contributed by atoms with Crippen molar-refractivity contribution in [3.63, 3.8) is 0 Å². The van der Waals surface area contributed by atoms with Gasteiger partial charge in [-0.1, -0.05) is 0 Å². The Morgan fingerprint density at radius 2 is 2.25 bits per heavy atom. The molecule has 0 aromatic carbocycles. The minimum Gasteiger partial charge on any atom is -0.336 e. The summed E-state index contributed by atoms with van der Waals surface area (Å²) in [6, 6.07) is 1.71. The Labute approximate surface area is 139 Å². The number of carbonyl (C=O) groups excluding carboxylic acids is 1. The predicted molar refractivity (Wildman–Crippen MR) is 84.4 cm³/mol. The van der Waals surface area contributed by atoms with Gasteiger partial charge < -0.3 is 4.90 Å². The summed E-state index contributed by atoms with van der Waals surface area (Å²) in [5, 5.41) is 11.5. The molecule has 2 atom stereocenters. The first-order chi connectivity index (χ1) is 11.7. The number of aromatic amines is 1. The third-order valence-corrected chi connectivity index (χ3v) is 4.92. The average molecular weight is 332 g/mol. The van der Waals surface area contributed by atoms with Crippen molar-refractivity contribution in [3.8, 4) is 0 Å². The summed E-state index contributed by atoms with van der Waals surface area (Å²) >= 11 is 0. The molecule has 1 aliphatic carbocycles. The SMILES string of the molecule is CCn1ccc(C(=O)N2C[C@@H](CF)[C@H](c3nc(C4CC4)n[nH]3)C2)n1.